The van der Waals surface area contributed by atoms with Crippen molar-refractivity contribution < 1.29 is 33.6 Å². The van der Waals surface area contributed by atoms with Crippen LogP contribution < -0.4 is 4.74 Å². The Balaban J connectivity index is 1.44. The standard InChI is InChI=1S/C38H48N2O7/c1-38(2,3)47-37(43)39-16-15-34(30-8-6-7-29(22-30)28-9-13-32(41)14-10-28)35(24-39)36(42)40(31-11-12-31)23-26-19-27(21-33(20-26)45-5)25-46-18-17-44-4/h6-10,13-14,19-22,31,34-35,41H,11-12,15-18,23-25H2,1-5H3/t34-,35+/m1/s1. The Morgan fingerprint density at radius 1 is 0.915 bits per heavy atom. The molecule has 3 aromatic rings. The van der Waals surface area contributed by atoms with Crippen molar-refractivity contribution >= 4 is 12.0 Å². The predicted octanol–water partition coefficient (Wildman–Crippen LogP) is 6.76. The van der Waals surface area contributed by atoms with E-state index in [1.807, 2.05) is 62.1 Å². The highest BCUT2D eigenvalue weighted by Crippen LogP contribution is 2.39. The van der Waals surface area contributed by atoms with Crippen molar-refractivity contribution in [1.82, 2.24) is 9.80 Å². The van der Waals surface area contributed by atoms with Crippen molar-refractivity contribution in [3.05, 3.63) is 83.4 Å². The Morgan fingerprint density at radius 3 is 2.34 bits per heavy atom. The summed E-state index contributed by atoms with van der Waals surface area (Å²) in [6.07, 6.45) is 2.14. The quantitative estimate of drug-likeness (QED) is 0.218. The number of hydrogen-bond acceptors (Lipinski definition) is 7. The average molecular weight is 645 g/mol. The molecular weight excluding hydrogens is 596 g/mol. The summed E-state index contributed by atoms with van der Waals surface area (Å²) in [5.74, 6) is 0.436. The molecule has 0 spiro atoms. The van der Waals surface area contributed by atoms with Crippen LogP contribution in [0.2, 0.25) is 0 Å². The smallest absolute Gasteiger partial charge is 0.410 e. The Kier molecular flexibility index (Phi) is 11.1. The molecule has 252 valence electrons. The number of benzene rings is 3. The minimum absolute atomic E-state index is 0.0431. The molecule has 2 atom stereocenters. The lowest BCUT2D eigenvalue weighted by atomic mass is 9.79. The molecule has 2 amide bonds. The first-order chi connectivity index (χ1) is 22.5. The van der Waals surface area contributed by atoms with Crippen molar-refractivity contribution in [2.45, 2.75) is 70.7 Å². The van der Waals surface area contributed by atoms with Gasteiger partial charge in [0.1, 0.15) is 17.1 Å². The number of piperidine rings is 1. The lowest BCUT2D eigenvalue weighted by molar-refractivity contribution is -0.139. The molecule has 1 aliphatic carbocycles. The normalized spacial score (nSPS) is 18.1. The second-order valence-electron chi connectivity index (χ2n) is 13.5. The molecule has 1 heterocycles. The maximum Gasteiger partial charge on any atom is 0.410 e. The molecule has 1 N–H and O–H groups in total. The van der Waals surface area contributed by atoms with Gasteiger partial charge in [0.25, 0.3) is 0 Å². The van der Waals surface area contributed by atoms with Crippen LogP contribution >= 0.6 is 0 Å². The first-order valence-corrected chi connectivity index (χ1v) is 16.5. The summed E-state index contributed by atoms with van der Waals surface area (Å²) in [7, 11) is 3.29. The molecule has 0 unspecified atom stereocenters. The van der Waals surface area contributed by atoms with E-state index in [0.717, 1.165) is 40.7 Å². The third-order valence-corrected chi connectivity index (χ3v) is 8.68. The molecule has 0 aromatic heterocycles. The van der Waals surface area contributed by atoms with Gasteiger partial charge in [-0.3, -0.25) is 4.79 Å². The molecule has 47 heavy (non-hydrogen) atoms. The van der Waals surface area contributed by atoms with Crippen LogP contribution in [0.15, 0.2) is 66.7 Å². The molecule has 2 fully saturated rings. The van der Waals surface area contributed by atoms with E-state index in [2.05, 4.69) is 18.2 Å². The lowest BCUT2D eigenvalue weighted by Crippen LogP contribution is -2.51. The van der Waals surface area contributed by atoms with Crippen LogP contribution in [-0.2, 0) is 32.2 Å². The number of likely N-dealkylation sites (tertiary alicyclic amines) is 1. The van der Waals surface area contributed by atoms with Crippen LogP contribution in [0.25, 0.3) is 11.1 Å². The van der Waals surface area contributed by atoms with Gasteiger partial charge in [-0.25, -0.2) is 4.79 Å². The fraction of sp³-hybridized carbons (Fsp3) is 0.474. The Bertz CT molecular complexity index is 1510. The van der Waals surface area contributed by atoms with Gasteiger partial charge in [-0.15, -0.1) is 0 Å². The Hall–Kier alpha value is -4.08. The molecule has 0 bridgehead atoms. The molecule has 5 rings (SSSR count). The van der Waals surface area contributed by atoms with Crippen molar-refractivity contribution in [2.24, 2.45) is 5.92 Å². The lowest BCUT2D eigenvalue weighted by Gasteiger charge is -2.40. The first-order valence-electron chi connectivity index (χ1n) is 16.5. The maximum atomic E-state index is 14.7. The van der Waals surface area contributed by atoms with Gasteiger partial charge in [0.2, 0.25) is 5.91 Å². The highest BCUT2D eigenvalue weighted by Gasteiger charge is 2.43. The van der Waals surface area contributed by atoms with Gasteiger partial charge in [0.15, 0.2) is 0 Å². The summed E-state index contributed by atoms with van der Waals surface area (Å²) < 4.78 is 22.2. The largest absolute Gasteiger partial charge is 0.508 e. The third-order valence-electron chi connectivity index (χ3n) is 8.68. The van der Waals surface area contributed by atoms with E-state index in [4.69, 9.17) is 18.9 Å². The van der Waals surface area contributed by atoms with Gasteiger partial charge in [0, 0.05) is 32.8 Å². The van der Waals surface area contributed by atoms with E-state index in [1.54, 1.807) is 31.3 Å². The summed E-state index contributed by atoms with van der Waals surface area (Å²) in [4.78, 5) is 31.7. The highest BCUT2D eigenvalue weighted by atomic mass is 16.6. The fourth-order valence-corrected chi connectivity index (χ4v) is 6.23. The monoisotopic (exact) mass is 644 g/mol. The number of carbonyl (C=O) groups is 2. The number of methoxy groups -OCH3 is 2. The number of phenols is 1. The maximum absolute atomic E-state index is 14.7. The molecular formula is C38H48N2O7. The topological polar surface area (TPSA) is 97.8 Å². The number of amides is 2. The third kappa shape index (κ3) is 9.26. The van der Waals surface area contributed by atoms with E-state index >= 15 is 0 Å². The van der Waals surface area contributed by atoms with Gasteiger partial charge >= 0.3 is 6.09 Å². The van der Waals surface area contributed by atoms with Gasteiger partial charge in [-0.05, 0) is 98.0 Å². The molecule has 3 aromatic carbocycles. The second kappa shape index (κ2) is 15.2. The van der Waals surface area contributed by atoms with Crippen molar-refractivity contribution in [3.63, 3.8) is 0 Å². The van der Waals surface area contributed by atoms with E-state index < -0.39 is 17.6 Å². The number of phenolic OH excluding ortho intramolecular Hbond substituents is 1. The summed E-state index contributed by atoms with van der Waals surface area (Å²) in [6.45, 7) is 8.20. The number of aromatic hydroxyl groups is 1. The van der Waals surface area contributed by atoms with E-state index in [0.29, 0.717) is 45.1 Å². The number of nitrogens with zero attached hydrogens (tertiary/aromatic N) is 2. The van der Waals surface area contributed by atoms with Crippen LogP contribution in [0.5, 0.6) is 11.5 Å². The summed E-state index contributed by atoms with van der Waals surface area (Å²) >= 11 is 0. The SMILES string of the molecule is COCCOCc1cc(CN(C(=O)[C@H]2CN(C(=O)OC(C)(C)C)CC[C@@H]2c2cccc(-c3ccc(O)cc3)c2)C2CC2)cc(OC)c1. The zero-order chi connectivity index (χ0) is 33.6. The first kappa shape index (κ1) is 34.3. The van der Waals surface area contributed by atoms with Crippen molar-refractivity contribution in [3.8, 4) is 22.6 Å². The number of carbonyl (C=O) groups excluding carboxylic acids is 2. The van der Waals surface area contributed by atoms with Gasteiger partial charge in [-0.1, -0.05) is 42.5 Å². The van der Waals surface area contributed by atoms with Crippen LogP contribution in [0.3, 0.4) is 0 Å². The van der Waals surface area contributed by atoms with Crippen molar-refractivity contribution in [2.75, 3.05) is 40.5 Å². The Morgan fingerprint density at radius 2 is 1.66 bits per heavy atom. The number of ether oxygens (including phenoxy) is 4. The predicted molar refractivity (Wildman–Crippen MR) is 180 cm³/mol. The van der Waals surface area contributed by atoms with Gasteiger partial charge in [0.05, 0.1) is 32.8 Å². The van der Waals surface area contributed by atoms with Crippen LogP contribution in [0, 0.1) is 5.92 Å². The minimum Gasteiger partial charge on any atom is -0.508 e. The minimum atomic E-state index is -0.636. The summed E-state index contributed by atoms with van der Waals surface area (Å²) in [5, 5.41) is 9.81. The van der Waals surface area contributed by atoms with Crippen LogP contribution in [0.4, 0.5) is 4.79 Å². The zero-order valence-corrected chi connectivity index (χ0v) is 28.2. The molecule has 9 heteroatoms. The summed E-state index contributed by atoms with van der Waals surface area (Å²) in [6, 6.07) is 21.6. The fourth-order valence-electron chi connectivity index (χ4n) is 6.23. The Labute approximate surface area is 278 Å². The van der Waals surface area contributed by atoms with E-state index in [1.165, 1.54) is 0 Å². The van der Waals surface area contributed by atoms with Crippen molar-refractivity contribution in [1.29, 1.82) is 0 Å². The zero-order valence-electron chi connectivity index (χ0n) is 28.2. The average Bonchev–Trinajstić information content (AvgIpc) is 3.90. The molecule has 2 aliphatic rings. The highest BCUT2D eigenvalue weighted by molar-refractivity contribution is 5.82. The van der Waals surface area contributed by atoms with Gasteiger partial charge < -0.3 is 33.9 Å². The van der Waals surface area contributed by atoms with Crippen LogP contribution in [0.1, 0.15) is 62.6 Å². The molecule has 1 saturated heterocycles. The summed E-state index contributed by atoms with van der Waals surface area (Å²) in [5.41, 5.74) is 4.36. The molecule has 0 radical (unpaired) electrons. The molecule has 1 aliphatic heterocycles. The molecule has 9 nitrogen and oxygen atoms in total. The van der Waals surface area contributed by atoms with Crippen LogP contribution in [-0.4, -0.2) is 79.1 Å². The van der Waals surface area contributed by atoms with E-state index in [9.17, 15) is 14.7 Å². The second-order valence-corrected chi connectivity index (χ2v) is 13.5. The number of rotatable bonds is 12. The number of hydrogen-bond donors (Lipinski definition) is 1. The molecule has 1 saturated carbocycles. The van der Waals surface area contributed by atoms with E-state index in [-0.39, 0.29) is 30.2 Å². The van der Waals surface area contributed by atoms with Gasteiger partial charge in [-0.2, -0.15) is 0 Å².